The number of aryl methyl sites for hydroxylation is 1. The van der Waals surface area contributed by atoms with Crippen LogP contribution >= 0.6 is 22.6 Å². The number of benzene rings is 1. The van der Waals surface area contributed by atoms with Gasteiger partial charge < -0.3 is 4.42 Å². The summed E-state index contributed by atoms with van der Waals surface area (Å²) in [5.74, 6) is 0. The Balaban J connectivity index is 2.91. The molecule has 0 fully saturated rings. The van der Waals surface area contributed by atoms with Crippen LogP contribution in [0.1, 0.15) is 5.56 Å². The van der Waals surface area contributed by atoms with Gasteiger partial charge in [0.05, 0.1) is 9.83 Å². The minimum absolute atomic E-state index is 0.996. The third-order valence-corrected chi connectivity index (χ3v) is 2.45. The van der Waals surface area contributed by atoms with Crippen molar-refractivity contribution in [1.29, 1.82) is 0 Å². The smallest absolute Gasteiger partial charge is 0.147 e. The molecule has 0 spiro atoms. The third-order valence-electron chi connectivity index (χ3n) is 1.65. The molecular formula is C9H7IO. The molecule has 0 aliphatic heterocycles. The molecule has 0 atom stereocenters. The molecule has 1 nitrogen and oxygen atoms in total. The maximum atomic E-state index is 5.30. The highest BCUT2D eigenvalue weighted by atomic mass is 127. The SMILES string of the molecule is Cc1cc(I)c2occc2c1. The largest absolute Gasteiger partial charge is 0.463 e. The van der Waals surface area contributed by atoms with E-state index in [1.54, 1.807) is 6.26 Å². The molecule has 0 aliphatic rings. The van der Waals surface area contributed by atoms with Crippen molar-refractivity contribution >= 4 is 33.6 Å². The summed E-state index contributed by atoms with van der Waals surface area (Å²) < 4.78 is 6.48. The standard InChI is InChI=1S/C9H7IO/c1-6-4-7-2-3-11-9(7)8(10)5-6/h2-5H,1H3. The van der Waals surface area contributed by atoms with Gasteiger partial charge in [-0.15, -0.1) is 0 Å². The Bertz CT molecular complexity index is 389. The van der Waals surface area contributed by atoms with Crippen LogP contribution in [0.4, 0.5) is 0 Å². The Labute approximate surface area is 78.5 Å². The van der Waals surface area contributed by atoms with Crippen LogP contribution in [-0.2, 0) is 0 Å². The first-order valence-electron chi connectivity index (χ1n) is 3.41. The molecular weight excluding hydrogens is 251 g/mol. The first-order chi connectivity index (χ1) is 5.27. The molecule has 0 unspecified atom stereocenters. The summed E-state index contributed by atoms with van der Waals surface area (Å²) in [6, 6.07) is 6.23. The fourth-order valence-electron chi connectivity index (χ4n) is 1.18. The van der Waals surface area contributed by atoms with Crippen molar-refractivity contribution in [3.05, 3.63) is 33.6 Å². The Hall–Kier alpha value is -0.510. The van der Waals surface area contributed by atoms with Gasteiger partial charge in [-0.05, 0) is 53.3 Å². The molecule has 1 aromatic heterocycles. The molecule has 1 aromatic carbocycles. The molecule has 0 bridgehead atoms. The summed E-state index contributed by atoms with van der Waals surface area (Å²) >= 11 is 2.29. The topological polar surface area (TPSA) is 13.1 Å². The second kappa shape index (κ2) is 2.52. The Kier molecular flexibility index (Phi) is 1.64. The van der Waals surface area contributed by atoms with E-state index in [1.807, 2.05) is 6.07 Å². The maximum absolute atomic E-state index is 5.30. The van der Waals surface area contributed by atoms with Crippen molar-refractivity contribution in [1.82, 2.24) is 0 Å². The van der Waals surface area contributed by atoms with Crippen LogP contribution in [0.5, 0.6) is 0 Å². The third kappa shape index (κ3) is 1.15. The van der Waals surface area contributed by atoms with E-state index in [9.17, 15) is 0 Å². The molecule has 0 radical (unpaired) electrons. The van der Waals surface area contributed by atoms with E-state index in [-0.39, 0.29) is 0 Å². The summed E-state index contributed by atoms with van der Waals surface area (Å²) in [5.41, 5.74) is 2.28. The average molecular weight is 258 g/mol. The van der Waals surface area contributed by atoms with E-state index >= 15 is 0 Å². The molecule has 2 aromatic rings. The second-order valence-electron chi connectivity index (χ2n) is 2.59. The highest BCUT2D eigenvalue weighted by molar-refractivity contribution is 14.1. The Morgan fingerprint density at radius 3 is 3.00 bits per heavy atom. The van der Waals surface area contributed by atoms with Crippen LogP contribution in [-0.4, -0.2) is 0 Å². The zero-order valence-corrected chi connectivity index (χ0v) is 8.25. The average Bonchev–Trinajstić information content (AvgIpc) is 2.34. The summed E-state index contributed by atoms with van der Waals surface area (Å²) in [6.07, 6.45) is 1.73. The van der Waals surface area contributed by atoms with E-state index in [0.717, 1.165) is 5.58 Å². The van der Waals surface area contributed by atoms with Crippen molar-refractivity contribution in [2.45, 2.75) is 6.92 Å². The van der Waals surface area contributed by atoms with Crippen molar-refractivity contribution < 1.29 is 4.42 Å². The highest BCUT2D eigenvalue weighted by Crippen LogP contribution is 2.22. The molecule has 2 heteroatoms. The lowest BCUT2D eigenvalue weighted by molar-refractivity contribution is 0.613. The van der Waals surface area contributed by atoms with E-state index in [1.165, 1.54) is 14.5 Å². The Morgan fingerprint density at radius 2 is 2.18 bits per heavy atom. The fraction of sp³-hybridized carbons (Fsp3) is 0.111. The van der Waals surface area contributed by atoms with Crippen LogP contribution in [0.3, 0.4) is 0 Å². The molecule has 0 aliphatic carbocycles. The summed E-state index contributed by atoms with van der Waals surface area (Å²) in [5, 5.41) is 1.19. The lowest BCUT2D eigenvalue weighted by Gasteiger charge is -1.94. The molecule has 56 valence electrons. The first kappa shape index (κ1) is 7.16. The van der Waals surface area contributed by atoms with Crippen molar-refractivity contribution in [3.63, 3.8) is 0 Å². The number of rotatable bonds is 0. The molecule has 1 heterocycles. The van der Waals surface area contributed by atoms with Gasteiger partial charge in [0.1, 0.15) is 5.58 Å². The van der Waals surface area contributed by atoms with Crippen LogP contribution in [0.2, 0.25) is 0 Å². The van der Waals surface area contributed by atoms with Crippen LogP contribution in [0.15, 0.2) is 28.9 Å². The van der Waals surface area contributed by atoms with Gasteiger partial charge in [-0.1, -0.05) is 0 Å². The number of hydrogen-bond donors (Lipinski definition) is 0. The summed E-state index contributed by atoms with van der Waals surface area (Å²) in [7, 11) is 0. The van der Waals surface area contributed by atoms with Crippen LogP contribution in [0, 0.1) is 10.5 Å². The van der Waals surface area contributed by atoms with E-state index in [0.29, 0.717) is 0 Å². The van der Waals surface area contributed by atoms with E-state index in [2.05, 4.69) is 41.6 Å². The van der Waals surface area contributed by atoms with E-state index < -0.39 is 0 Å². The van der Waals surface area contributed by atoms with E-state index in [4.69, 9.17) is 4.42 Å². The Morgan fingerprint density at radius 1 is 1.36 bits per heavy atom. The highest BCUT2D eigenvalue weighted by Gasteiger charge is 2.01. The number of fused-ring (bicyclic) bond motifs is 1. The van der Waals surface area contributed by atoms with Gasteiger partial charge in [0.25, 0.3) is 0 Å². The zero-order chi connectivity index (χ0) is 7.84. The first-order valence-corrected chi connectivity index (χ1v) is 4.48. The number of hydrogen-bond acceptors (Lipinski definition) is 1. The van der Waals surface area contributed by atoms with Gasteiger partial charge in [0, 0.05) is 5.39 Å². The van der Waals surface area contributed by atoms with Crippen molar-refractivity contribution in [2.75, 3.05) is 0 Å². The van der Waals surface area contributed by atoms with Gasteiger partial charge in [-0.2, -0.15) is 0 Å². The lowest BCUT2D eigenvalue weighted by Crippen LogP contribution is -1.75. The lowest BCUT2D eigenvalue weighted by atomic mass is 10.2. The predicted octanol–water partition coefficient (Wildman–Crippen LogP) is 3.35. The maximum Gasteiger partial charge on any atom is 0.147 e. The number of halogens is 1. The van der Waals surface area contributed by atoms with Crippen LogP contribution in [0.25, 0.3) is 11.0 Å². The minimum Gasteiger partial charge on any atom is -0.463 e. The summed E-state index contributed by atoms with van der Waals surface area (Å²) in [6.45, 7) is 2.09. The van der Waals surface area contributed by atoms with Gasteiger partial charge in [0.2, 0.25) is 0 Å². The molecule has 2 rings (SSSR count). The van der Waals surface area contributed by atoms with Crippen molar-refractivity contribution in [3.8, 4) is 0 Å². The normalized spacial score (nSPS) is 10.7. The summed E-state index contributed by atoms with van der Waals surface area (Å²) in [4.78, 5) is 0. The predicted molar refractivity (Wildman–Crippen MR) is 53.7 cm³/mol. The second-order valence-corrected chi connectivity index (χ2v) is 3.75. The molecule has 0 amide bonds. The van der Waals surface area contributed by atoms with Gasteiger partial charge >= 0.3 is 0 Å². The zero-order valence-electron chi connectivity index (χ0n) is 6.10. The van der Waals surface area contributed by atoms with Crippen LogP contribution < -0.4 is 0 Å². The fourth-order valence-corrected chi connectivity index (χ4v) is 2.11. The molecule has 0 saturated carbocycles. The van der Waals surface area contributed by atoms with Gasteiger partial charge in [0.15, 0.2) is 0 Å². The number of furan rings is 1. The quantitative estimate of drug-likeness (QED) is 0.660. The molecule has 11 heavy (non-hydrogen) atoms. The molecule has 0 saturated heterocycles. The van der Waals surface area contributed by atoms with Gasteiger partial charge in [-0.3, -0.25) is 0 Å². The van der Waals surface area contributed by atoms with Gasteiger partial charge in [-0.25, -0.2) is 0 Å². The minimum atomic E-state index is 0.996. The monoisotopic (exact) mass is 258 g/mol. The van der Waals surface area contributed by atoms with Crippen molar-refractivity contribution in [2.24, 2.45) is 0 Å². The molecule has 0 N–H and O–H groups in total.